The van der Waals surface area contributed by atoms with Crippen LogP contribution in [0.1, 0.15) is 24.9 Å². The monoisotopic (exact) mass is 215 g/mol. The molecule has 0 saturated heterocycles. The Labute approximate surface area is 96.0 Å². The van der Waals surface area contributed by atoms with Crippen LogP contribution in [0, 0.1) is 0 Å². The molecule has 0 aliphatic rings. The average molecular weight is 215 g/mol. The average Bonchev–Trinajstić information content (AvgIpc) is 2.36. The first-order valence-electron chi connectivity index (χ1n) is 5.59. The van der Waals surface area contributed by atoms with E-state index in [-0.39, 0.29) is 6.04 Å². The predicted molar refractivity (Wildman–Crippen MR) is 67.7 cm³/mol. The van der Waals surface area contributed by atoms with Gasteiger partial charge in [-0.15, -0.1) is 0 Å². The molecule has 0 fully saturated rings. The van der Waals surface area contributed by atoms with Gasteiger partial charge in [0.2, 0.25) is 0 Å². The van der Waals surface area contributed by atoms with Gasteiger partial charge in [0.1, 0.15) is 5.75 Å². The van der Waals surface area contributed by atoms with E-state index in [1.165, 1.54) is 10.8 Å². The van der Waals surface area contributed by atoms with Gasteiger partial charge in [-0.25, -0.2) is 0 Å². The summed E-state index contributed by atoms with van der Waals surface area (Å²) in [5, 5.41) is 2.40. The molecule has 1 atom stereocenters. The van der Waals surface area contributed by atoms with Crippen LogP contribution in [0.3, 0.4) is 0 Å². The summed E-state index contributed by atoms with van der Waals surface area (Å²) in [5.41, 5.74) is 7.27. The summed E-state index contributed by atoms with van der Waals surface area (Å²) in [5.74, 6) is 0.882. The number of fused-ring (bicyclic) bond motifs is 1. The highest BCUT2D eigenvalue weighted by molar-refractivity contribution is 5.88. The number of hydrogen-bond donors (Lipinski definition) is 1. The molecule has 0 aliphatic heterocycles. The maximum Gasteiger partial charge on any atom is 0.124 e. The third-order valence-electron chi connectivity index (χ3n) is 2.96. The molecule has 2 N–H and O–H groups in total. The van der Waals surface area contributed by atoms with Crippen LogP contribution < -0.4 is 10.5 Å². The van der Waals surface area contributed by atoms with E-state index in [9.17, 15) is 0 Å². The van der Waals surface area contributed by atoms with Crippen molar-refractivity contribution in [3.05, 3.63) is 42.0 Å². The molecule has 16 heavy (non-hydrogen) atoms. The molecular weight excluding hydrogens is 198 g/mol. The predicted octanol–water partition coefficient (Wildman–Crippen LogP) is 3.26. The number of nitrogens with two attached hydrogens (primary N) is 1. The van der Waals surface area contributed by atoms with E-state index in [4.69, 9.17) is 10.5 Å². The van der Waals surface area contributed by atoms with E-state index in [2.05, 4.69) is 25.1 Å². The minimum absolute atomic E-state index is 0.0287. The van der Waals surface area contributed by atoms with Crippen molar-refractivity contribution >= 4 is 10.8 Å². The zero-order valence-electron chi connectivity index (χ0n) is 9.73. The number of hydrogen-bond acceptors (Lipinski definition) is 2. The van der Waals surface area contributed by atoms with Crippen LogP contribution in [0.15, 0.2) is 36.4 Å². The van der Waals surface area contributed by atoms with Crippen molar-refractivity contribution in [3.8, 4) is 5.75 Å². The fraction of sp³-hybridized carbons (Fsp3) is 0.286. The van der Waals surface area contributed by atoms with Gasteiger partial charge in [0, 0.05) is 11.6 Å². The summed E-state index contributed by atoms with van der Waals surface area (Å²) in [6.45, 7) is 2.09. The lowest BCUT2D eigenvalue weighted by molar-refractivity contribution is 0.406. The van der Waals surface area contributed by atoms with E-state index in [1.54, 1.807) is 7.11 Å². The Bertz CT molecular complexity index is 493. The van der Waals surface area contributed by atoms with E-state index in [0.29, 0.717) is 0 Å². The molecule has 0 heterocycles. The first-order valence-corrected chi connectivity index (χ1v) is 5.59. The Morgan fingerprint density at radius 3 is 2.62 bits per heavy atom. The van der Waals surface area contributed by atoms with Crippen molar-refractivity contribution in [2.75, 3.05) is 7.11 Å². The van der Waals surface area contributed by atoms with Crippen molar-refractivity contribution < 1.29 is 4.74 Å². The van der Waals surface area contributed by atoms with Gasteiger partial charge in [0.15, 0.2) is 0 Å². The Morgan fingerprint density at radius 2 is 1.94 bits per heavy atom. The molecule has 0 radical (unpaired) electrons. The molecule has 0 spiro atoms. The van der Waals surface area contributed by atoms with Gasteiger partial charge in [0.25, 0.3) is 0 Å². The van der Waals surface area contributed by atoms with Crippen LogP contribution in [0.25, 0.3) is 10.8 Å². The maximum atomic E-state index is 6.16. The molecule has 0 saturated carbocycles. The number of benzene rings is 2. The standard InChI is InChI=1S/C14H17NO/c1-3-12(15)14-11-7-5-4-6-10(11)8-9-13(14)16-2/h4-9,12H,3,15H2,1-2H3/t12-/m0/s1. The first-order chi connectivity index (χ1) is 7.77. The molecule has 84 valence electrons. The molecular formula is C14H17NO. The summed E-state index contributed by atoms with van der Waals surface area (Å²) in [4.78, 5) is 0. The van der Waals surface area contributed by atoms with Gasteiger partial charge in [-0.05, 0) is 23.3 Å². The number of rotatable bonds is 3. The van der Waals surface area contributed by atoms with E-state index >= 15 is 0 Å². The molecule has 2 nitrogen and oxygen atoms in total. The Morgan fingerprint density at radius 1 is 1.19 bits per heavy atom. The minimum Gasteiger partial charge on any atom is -0.496 e. The Kier molecular flexibility index (Phi) is 3.11. The zero-order valence-corrected chi connectivity index (χ0v) is 9.73. The summed E-state index contributed by atoms with van der Waals surface area (Å²) < 4.78 is 5.40. The van der Waals surface area contributed by atoms with E-state index in [0.717, 1.165) is 17.7 Å². The second kappa shape index (κ2) is 4.54. The minimum atomic E-state index is 0.0287. The number of methoxy groups -OCH3 is 1. The maximum absolute atomic E-state index is 6.16. The molecule has 0 aromatic heterocycles. The SMILES string of the molecule is CC[C@H](N)c1c(OC)ccc2ccccc12. The third-order valence-corrected chi connectivity index (χ3v) is 2.96. The van der Waals surface area contributed by atoms with Crippen LogP contribution in [0.5, 0.6) is 5.75 Å². The lowest BCUT2D eigenvalue weighted by atomic mass is 9.97. The lowest BCUT2D eigenvalue weighted by Gasteiger charge is -2.16. The van der Waals surface area contributed by atoms with Gasteiger partial charge in [-0.3, -0.25) is 0 Å². The third kappa shape index (κ3) is 1.76. The van der Waals surface area contributed by atoms with Crippen LogP contribution >= 0.6 is 0 Å². The quantitative estimate of drug-likeness (QED) is 0.853. The summed E-state index contributed by atoms with van der Waals surface area (Å²) >= 11 is 0. The van der Waals surface area contributed by atoms with Gasteiger partial charge in [-0.2, -0.15) is 0 Å². The summed E-state index contributed by atoms with van der Waals surface area (Å²) in [7, 11) is 1.69. The fourth-order valence-electron chi connectivity index (χ4n) is 2.04. The summed E-state index contributed by atoms with van der Waals surface area (Å²) in [6, 6.07) is 12.4. The highest BCUT2D eigenvalue weighted by Gasteiger charge is 2.13. The van der Waals surface area contributed by atoms with Crippen LogP contribution in [0.4, 0.5) is 0 Å². The normalized spacial score (nSPS) is 12.7. The smallest absolute Gasteiger partial charge is 0.124 e. The molecule has 0 amide bonds. The summed E-state index contributed by atoms with van der Waals surface area (Å²) in [6.07, 6.45) is 0.907. The van der Waals surface area contributed by atoms with Crippen molar-refractivity contribution in [1.82, 2.24) is 0 Å². The van der Waals surface area contributed by atoms with E-state index < -0.39 is 0 Å². The first kappa shape index (κ1) is 11.0. The lowest BCUT2D eigenvalue weighted by Crippen LogP contribution is -2.10. The second-order valence-corrected chi connectivity index (χ2v) is 3.92. The highest BCUT2D eigenvalue weighted by atomic mass is 16.5. The molecule has 2 aromatic rings. The van der Waals surface area contributed by atoms with Gasteiger partial charge < -0.3 is 10.5 Å². The van der Waals surface area contributed by atoms with Crippen LogP contribution in [-0.2, 0) is 0 Å². The van der Waals surface area contributed by atoms with Crippen LogP contribution in [-0.4, -0.2) is 7.11 Å². The molecule has 0 unspecified atom stereocenters. The number of ether oxygens (including phenoxy) is 1. The Balaban J connectivity index is 2.72. The van der Waals surface area contributed by atoms with Crippen molar-refractivity contribution in [1.29, 1.82) is 0 Å². The molecule has 2 aromatic carbocycles. The molecule has 2 heteroatoms. The topological polar surface area (TPSA) is 35.2 Å². The second-order valence-electron chi connectivity index (χ2n) is 3.92. The van der Waals surface area contributed by atoms with Gasteiger partial charge >= 0.3 is 0 Å². The highest BCUT2D eigenvalue weighted by Crippen LogP contribution is 2.33. The van der Waals surface area contributed by atoms with Crippen LogP contribution in [0.2, 0.25) is 0 Å². The van der Waals surface area contributed by atoms with Crippen molar-refractivity contribution in [3.63, 3.8) is 0 Å². The fourth-order valence-corrected chi connectivity index (χ4v) is 2.04. The largest absolute Gasteiger partial charge is 0.496 e. The zero-order chi connectivity index (χ0) is 11.5. The van der Waals surface area contributed by atoms with Crippen molar-refractivity contribution in [2.45, 2.75) is 19.4 Å². The van der Waals surface area contributed by atoms with Gasteiger partial charge in [0.05, 0.1) is 7.11 Å². The Hall–Kier alpha value is -1.54. The molecule has 0 aliphatic carbocycles. The molecule has 0 bridgehead atoms. The van der Waals surface area contributed by atoms with Gasteiger partial charge in [-0.1, -0.05) is 37.3 Å². The molecule has 2 rings (SSSR count). The van der Waals surface area contributed by atoms with Crippen molar-refractivity contribution in [2.24, 2.45) is 5.73 Å². The van der Waals surface area contributed by atoms with E-state index in [1.807, 2.05) is 18.2 Å².